The van der Waals surface area contributed by atoms with Crippen molar-refractivity contribution in [1.29, 1.82) is 0 Å². The Kier molecular flexibility index (Phi) is 5.12. The molecule has 0 saturated heterocycles. The van der Waals surface area contributed by atoms with Crippen molar-refractivity contribution < 1.29 is 9.47 Å². The molecule has 0 aliphatic carbocycles. The van der Waals surface area contributed by atoms with Crippen molar-refractivity contribution in [3.63, 3.8) is 0 Å². The third-order valence-corrected chi connectivity index (χ3v) is 7.69. The van der Waals surface area contributed by atoms with Crippen LogP contribution in [0.15, 0.2) is 85.2 Å². The topological polar surface area (TPSA) is 44.2 Å². The lowest BCUT2D eigenvalue weighted by atomic mass is 9.75. The van der Waals surface area contributed by atoms with Gasteiger partial charge in [0.2, 0.25) is 0 Å². The molecule has 2 aliphatic heterocycles. The Morgan fingerprint density at radius 1 is 0.526 bits per heavy atom. The number of nitrogens with zero attached hydrogens (tertiary/aromatic N) is 2. The third kappa shape index (κ3) is 3.37. The molecular weight excluding hydrogens is 468 g/mol. The average molecular weight is 497 g/mol. The summed E-state index contributed by atoms with van der Waals surface area (Å²) < 4.78 is 13.1. The van der Waals surface area contributed by atoms with E-state index in [-0.39, 0.29) is 12.2 Å². The molecule has 0 N–H and O–H groups in total. The second kappa shape index (κ2) is 8.56. The van der Waals surface area contributed by atoms with Gasteiger partial charge in [0.25, 0.3) is 0 Å². The average Bonchev–Trinajstić information content (AvgIpc) is 2.93. The lowest BCUT2D eigenvalue weighted by Gasteiger charge is -2.37. The zero-order chi connectivity index (χ0) is 26.0. The van der Waals surface area contributed by atoms with E-state index in [2.05, 4.69) is 76.2 Å². The molecule has 38 heavy (non-hydrogen) atoms. The fraction of sp³-hybridized carbons (Fsp3) is 0.176. The minimum absolute atomic E-state index is 0.183. The number of aryl methyl sites for hydroxylation is 2. The molecule has 2 aromatic heterocycles. The molecular formula is C34H28N2O2. The molecule has 0 radical (unpaired) electrons. The van der Waals surface area contributed by atoms with Crippen LogP contribution in [0.25, 0.3) is 44.8 Å². The molecule has 2 atom stereocenters. The number of pyridine rings is 2. The highest BCUT2D eigenvalue weighted by molar-refractivity contribution is 6.03. The zero-order valence-corrected chi connectivity index (χ0v) is 21.9. The number of ether oxygens (including phenoxy) is 2. The van der Waals surface area contributed by atoms with Crippen molar-refractivity contribution in [2.75, 3.05) is 0 Å². The van der Waals surface area contributed by atoms with Crippen LogP contribution in [-0.4, -0.2) is 9.97 Å². The third-order valence-electron chi connectivity index (χ3n) is 7.69. The van der Waals surface area contributed by atoms with Crippen molar-refractivity contribution in [3.8, 4) is 56.3 Å². The summed E-state index contributed by atoms with van der Waals surface area (Å²) in [7, 11) is 0. The van der Waals surface area contributed by atoms with Gasteiger partial charge in [0.15, 0.2) is 0 Å². The highest BCUT2D eigenvalue weighted by Crippen LogP contribution is 2.58. The monoisotopic (exact) mass is 496 g/mol. The van der Waals surface area contributed by atoms with Crippen molar-refractivity contribution in [3.05, 3.63) is 107 Å². The first-order valence-corrected chi connectivity index (χ1v) is 13.1. The van der Waals surface area contributed by atoms with Crippen LogP contribution >= 0.6 is 0 Å². The first-order chi connectivity index (χ1) is 18.5. The minimum Gasteiger partial charge on any atom is -0.484 e. The maximum Gasteiger partial charge on any atom is 0.146 e. The van der Waals surface area contributed by atoms with Gasteiger partial charge in [-0.2, -0.15) is 0 Å². The Morgan fingerprint density at radius 2 is 0.921 bits per heavy atom. The number of fused-ring (bicyclic) bond motifs is 7. The van der Waals surface area contributed by atoms with Gasteiger partial charge in [-0.25, -0.2) is 0 Å². The van der Waals surface area contributed by atoms with Gasteiger partial charge < -0.3 is 9.47 Å². The van der Waals surface area contributed by atoms with E-state index in [0.29, 0.717) is 0 Å². The summed E-state index contributed by atoms with van der Waals surface area (Å²) in [4.78, 5) is 9.74. The van der Waals surface area contributed by atoms with Crippen LogP contribution in [0.1, 0.15) is 48.3 Å². The SMILES string of the molecule is Cc1ccc(-c2c(-c3ccc(C)cc3)c3c(c4c2[C@@H](C)Oc2cccnc2-4)-c2ncccc2O[C@@H]3C)cc1. The van der Waals surface area contributed by atoms with Crippen molar-refractivity contribution in [1.82, 2.24) is 9.97 Å². The number of hydrogen-bond donors (Lipinski definition) is 0. The van der Waals surface area contributed by atoms with E-state index in [4.69, 9.17) is 19.4 Å². The zero-order valence-electron chi connectivity index (χ0n) is 21.9. The maximum absolute atomic E-state index is 6.55. The van der Waals surface area contributed by atoms with Gasteiger partial charge >= 0.3 is 0 Å². The second-order valence-electron chi connectivity index (χ2n) is 10.3. The molecule has 7 rings (SSSR count). The van der Waals surface area contributed by atoms with Gasteiger partial charge in [-0.15, -0.1) is 0 Å². The van der Waals surface area contributed by atoms with Crippen molar-refractivity contribution in [2.24, 2.45) is 0 Å². The molecule has 0 amide bonds. The van der Waals surface area contributed by atoms with Gasteiger partial charge in [0.05, 0.1) is 0 Å². The Labute approximate surface area is 223 Å². The summed E-state index contributed by atoms with van der Waals surface area (Å²) in [5, 5.41) is 0. The fourth-order valence-corrected chi connectivity index (χ4v) is 5.98. The highest BCUT2D eigenvalue weighted by atomic mass is 16.5. The molecule has 3 aromatic carbocycles. The Bertz CT molecular complexity index is 1580. The van der Waals surface area contributed by atoms with Crippen LogP contribution in [-0.2, 0) is 0 Å². The van der Waals surface area contributed by atoms with E-state index in [0.717, 1.165) is 56.3 Å². The normalized spacial score (nSPS) is 16.8. The summed E-state index contributed by atoms with van der Waals surface area (Å²) in [6.45, 7) is 8.52. The number of aromatic nitrogens is 2. The fourth-order valence-electron chi connectivity index (χ4n) is 5.98. The van der Waals surface area contributed by atoms with Gasteiger partial charge in [-0.05, 0) is 74.2 Å². The number of hydrogen-bond acceptors (Lipinski definition) is 4. The summed E-state index contributed by atoms with van der Waals surface area (Å²) in [5.74, 6) is 1.59. The van der Waals surface area contributed by atoms with Crippen LogP contribution < -0.4 is 9.47 Å². The summed E-state index contributed by atoms with van der Waals surface area (Å²) >= 11 is 0. The molecule has 4 heteroatoms. The molecule has 5 aromatic rings. The first kappa shape index (κ1) is 22.7. The van der Waals surface area contributed by atoms with Gasteiger partial charge in [-0.3, -0.25) is 9.97 Å². The Balaban J connectivity index is 1.73. The van der Waals surface area contributed by atoms with Gasteiger partial charge in [-0.1, -0.05) is 59.7 Å². The van der Waals surface area contributed by atoms with Crippen molar-refractivity contribution in [2.45, 2.75) is 39.9 Å². The van der Waals surface area contributed by atoms with Crippen LogP contribution in [0.3, 0.4) is 0 Å². The number of benzene rings is 3. The van der Waals surface area contributed by atoms with Crippen LogP contribution in [0.5, 0.6) is 11.5 Å². The van der Waals surface area contributed by atoms with E-state index in [1.54, 1.807) is 0 Å². The molecule has 0 unspecified atom stereocenters. The molecule has 0 spiro atoms. The molecule has 0 bridgehead atoms. The van der Waals surface area contributed by atoms with Crippen LogP contribution in [0.4, 0.5) is 0 Å². The molecule has 2 aliphatic rings. The van der Waals surface area contributed by atoms with Crippen molar-refractivity contribution >= 4 is 0 Å². The maximum atomic E-state index is 6.55. The van der Waals surface area contributed by atoms with E-state index < -0.39 is 0 Å². The summed E-state index contributed by atoms with van der Waals surface area (Å²) in [5.41, 5.74) is 13.3. The Hall–Kier alpha value is -4.44. The van der Waals surface area contributed by atoms with Gasteiger partial charge in [0.1, 0.15) is 35.1 Å². The standard InChI is InChI=1S/C34H28N2O2/c1-19-9-13-23(14-10-19)29-27-21(3)37-25-7-5-17-35-33(25)31(27)32-28(30(29)24-15-11-20(2)12-16-24)22(4)38-26-8-6-18-36-34(26)32/h5-18,21-22H,1-4H3/t21-,22-/m1/s1. The quantitative estimate of drug-likeness (QED) is 0.245. The highest BCUT2D eigenvalue weighted by Gasteiger charge is 2.39. The molecule has 4 nitrogen and oxygen atoms in total. The van der Waals surface area contributed by atoms with E-state index in [1.807, 2.05) is 36.7 Å². The predicted octanol–water partition coefficient (Wildman–Crippen LogP) is 8.67. The van der Waals surface area contributed by atoms with Gasteiger partial charge in [0, 0.05) is 34.6 Å². The molecule has 186 valence electrons. The van der Waals surface area contributed by atoms with E-state index in [9.17, 15) is 0 Å². The van der Waals surface area contributed by atoms with E-state index >= 15 is 0 Å². The summed E-state index contributed by atoms with van der Waals surface area (Å²) in [6, 6.07) is 25.5. The van der Waals surface area contributed by atoms with Crippen LogP contribution in [0.2, 0.25) is 0 Å². The predicted molar refractivity (Wildman–Crippen MR) is 151 cm³/mol. The first-order valence-electron chi connectivity index (χ1n) is 13.1. The lowest BCUT2D eigenvalue weighted by Crippen LogP contribution is -2.21. The van der Waals surface area contributed by atoms with E-state index in [1.165, 1.54) is 22.3 Å². The lowest BCUT2D eigenvalue weighted by molar-refractivity contribution is 0.218. The molecule has 0 saturated carbocycles. The van der Waals surface area contributed by atoms with Crippen LogP contribution in [0, 0.1) is 13.8 Å². The molecule has 0 fully saturated rings. The molecule has 4 heterocycles. The summed E-state index contributed by atoms with van der Waals surface area (Å²) in [6.07, 6.45) is 3.32. The minimum atomic E-state index is -0.183. The number of rotatable bonds is 2. The second-order valence-corrected chi connectivity index (χ2v) is 10.3. The smallest absolute Gasteiger partial charge is 0.146 e. The largest absolute Gasteiger partial charge is 0.484 e. The Morgan fingerprint density at radius 3 is 1.32 bits per heavy atom.